The number of rotatable bonds is 0. The van der Waals surface area contributed by atoms with E-state index in [9.17, 15) is 0 Å². The van der Waals surface area contributed by atoms with Crippen LogP contribution < -0.4 is 0 Å². The Bertz CT molecular complexity index is 111. The van der Waals surface area contributed by atoms with E-state index in [0.29, 0.717) is 0 Å². The Labute approximate surface area is 92.2 Å². The Kier molecular flexibility index (Phi) is 19.9. The molecule has 0 heterocycles. The van der Waals surface area contributed by atoms with Crippen LogP contribution in [0.3, 0.4) is 0 Å². The first kappa shape index (κ1) is 17.4. The van der Waals surface area contributed by atoms with Gasteiger partial charge in [0, 0.05) is 0 Å². The summed E-state index contributed by atoms with van der Waals surface area (Å²) in [5.41, 5.74) is 0. The third-order valence-corrected chi connectivity index (χ3v) is 0. The van der Waals surface area contributed by atoms with Crippen molar-refractivity contribution in [2.75, 3.05) is 0 Å². The van der Waals surface area contributed by atoms with E-state index in [2.05, 4.69) is 0 Å². The van der Waals surface area contributed by atoms with Crippen LogP contribution in [-0.2, 0) is 10.4 Å². The SMILES string of the molecule is O=S(=O)(O)O.[Cl][Pb][Cl].[PbH2]. The van der Waals surface area contributed by atoms with Crippen LogP contribution in [0.5, 0.6) is 0 Å². The van der Waals surface area contributed by atoms with Crippen LogP contribution in [0.15, 0.2) is 0 Å². The summed E-state index contributed by atoms with van der Waals surface area (Å²) in [6.07, 6.45) is 0. The maximum absolute atomic E-state index is 8.74. The number of hydrogen-bond donors (Lipinski definition) is 2. The van der Waals surface area contributed by atoms with Gasteiger partial charge in [-0.05, 0) is 0 Å². The first-order valence-electron chi connectivity index (χ1n) is 1.08. The quantitative estimate of drug-likeness (QED) is 0.295. The van der Waals surface area contributed by atoms with Crippen molar-refractivity contribution in [1.82, 2.24) is 0 Å². The van der Waals surface area contributed by atoms with Gasteiger partial charge in [0.25, 0.3) is 0 Å². The van der Waals surface area contributed by atoms with Gasteiger partial charge in [0.15, 0.2) is 0 Å². The van der Waals surface area contributed by atoms with Crippen LogP contribution in [0, 0.1) is 0 Å². The first-order chi connectivity index (χ1) is 3.41. The topological polar surface area (TPSA) is 74.6 Å². The summed E-state index contributed by atoms with van der Waals surface area (Å²) in [5.74, 6) is 0. The van der Waals surface area contributed by atoms with Gasteiger partial charge in [-0.25, -0.2) is 0 Å². The van der Waals surface area contributed by atoms with Gasteiger partial charge >= 0.3 is 76.1 Å². The molecule has 9 heavy (non-hydrogen) atoms. The van der Waals surface area contributed by atoms with Crippen LogP contribution in [0.2, 0.25) is 0 Å². The fourth-order valence-corrected chi connectivity index (χ4v) is 0. The Hall–Kier alpha value is 2.29. The predicted octanol–water partition coefficient (Wildman–Crippen LogP) is -0.571. The molecular weight excluding hydrogens is 581 g/mol. The first-order valence-corrected chi connectivity index (χ1v) is 12.0. The van der Waals surface area contributed by atoms with E-state index >= 15 is 0 Å². The van der Waals surface area contributed by atoms with E-state index in [1.54, 1.807) is 0 Å². The summed E-state index contributed by atoms with van der Waals surface area (Å²) >= 11 is -0.972. The van der Waals surface area contributed by atoms with E-state index in [0.717, 1.165) is 0 Å². The Morgan fingerprint density at radius 3 is 1.22 bits per heavy atom. The van der Waals surface area contributed by atoms with Crippen molar-refractivity contribution in [3.63, 3.8) is 0 Å². The molecular formula is H4Cl2O4Pb2S. The minimum absolute atomic E-state index is 0. The molecule has 0 saturated heterocycles. The molecule has 0 aromatic carbocycles. The normalized spacial score (nSPS) is 8.44. The summed E-state index contributed by atoms with van der Waals surface area (Å²) in [5, 5.41) is 0. The molecule has 0 aromatic rings. The molecule has 0 atom stereocenters. The van der Waals surface area contributed by atoms with Gasteiger partial charge in [-0.15, -0.1) is 0 Å². The molecule has 0 aliphatic rings. The van der Waals surface area contributed by atoms with E-state index in [1.807, 2.05) is 0 Å². The van der Waals surface area contributed by atoms with Crippen molar-refractivity contribution in [2.24, 2.45) is 0 Å². The fraction of sp³-hybridized carbons (Fsp3) is 0. The molecule has 0 amide bonds. The standard InChI is InChI=1S/2ClH.H2O4S.2Pb.2H/c;;1-5(2,3)4;;;;/h2*1H;(H2,1,2,3,4);;;;/q;;;;+2;;/p-2. The van der Waals surface area contributed by atoms with Crippen molar-refractivity contribution in [1.29, 1.82) is 0 Å². The third-order valence-electron chi connectivity index (χ3n) is 0. The van der Waals surface area contributed by atoms with Gasteiger partial charge < -0.3 is 0 Å². The van der Waals surface area contributed by atoms with Gasteiger partial charge in [0.1, 0.15) is 0 Å². The van der Waals surface area contributed by atoms with E-state index < -0.39 is 32.2 Å². The molecule has 0 saturated carbocycles. The molecule has 0 fully saturated rings. The summed E-state index contributed by atoms with van der Waals surface area (Å²) in [6, 6.07) is 0. The average molecular weight is 585 g/mol. The van der Waals surface area contributed by atoms with Crippen LogP contribution in [0.4, 0.5) is 0 Å². The molecule has 4 nitrogen and oxygen atoms in total. The van der Waals surface area contributed by atoms with Crippen LogP contribution in [0.25, 0.3) is 0 Å². The Balaban J connectivity index is -0.0000000800. The molecule has 4 radical (unpaired) electrons. The monoisotopic (exact) mass is 586 g/mol. The van der Waals surface area contributed by atoms with Crippen LogP contribution in [-0.4, -0.2) is 66.6 Å². The van der Waals surface area contributed by atoms with Gasteiger partial charge in [-0.3, -0.25) is 9.11 Å². The molecule has 0 aliphatic carbocycles. The Morgan fingerprint density at radius 2 is 1.22 bits per heavy atom. The average Bonchev–Trinajstić information content (AvgIpc) is 1.27. The van der Waals surface area contributed by atoms with E-state index in [-0.39, 0.29) is 27.3 Å². The van der Waals surface area contributed by atoms with Crippen molar-refractivity contribution < 1.29 is 17.5 Å². The molecule has 56 valence electrons. The predicted molar refractivity (Wildman–Crippen MR) is 40.2 cm³/mol. The zero-order valence-corrected chi connectivity index (χ0v) is 15.8. The molecule has 9 heteroatoms. The fourth-order valence-electron chi connectivity index (χ4n) is 0. The van der Waals surface area contributed by atoms with Crippen molar-refractivity contribution in [3.05, 3.63) is 0 Å². The molecule has 0 rings (SSSR count). The molecule has 0 spiro atoms. The molecule has 0 unspecified atom stereocenters. The van der Waals surface area contributed by atoms with Crippen molar-refractivity contribution >= 4 is 76.1 Å². The summed E-state index contributed by atoms with van der Waals surface area (Å²) in [7, 11) is 5.25. The van der Waals surface area contributed by atoms with Gasteiger partial charge in [-0.2, -0.15) is 8.42 Å². The summed E-state index contributed by atoms with van der Waals surface area (Å²) < 4.78 is 31.6. The van der Waals surface area contributed by atoms with Crippen molar-refractivity contribution in [2.45, 2.75) is 0 Å². The van der Waals surface area contributed by atoms with Crippen LogP contribution in [0.1, 0.15) is 0 Å². The minimum atomic E-state index is -4.67. The van der Waals surface area contributed by atoms with Crippen molar-refractivity contribution in [3.8, 4) is 0 Å². The molecule has 2 N–H and O–H groups in total. The molecule has 0 aromatic heterocycles. The van der Waals surface area contributed by atoms with E-state index in [4.69, 9.17) is 34.2 Å². The summed E-state index contributed by atoms with van der Waals surface area (Å²) in [4.78, 5) is 0. The van der Waals surface area contributed by atoms with Gasteiger partial charge in [0.05, 0.1) is 0 Å². The number of halogens is 2. The van der Waals surface area contributed by atoms with Gasteiger partial charge in [0.2, 0.25) is 0 Å². The molecule has 0 bridgehead atoms. The molecule has 0 aliphatic heterocycles. The second-order valence-corrected chi connectivity index (χ2v) is 6.98. The number of hydrogen-bond acceptors (Lipinski definition) is 2. The van der Waals surface area contributed by atoms with Crippen LogP contribution >= 0.6 is 16.6 Å². The van der Waals surface area contributed by atoms with E-state index in [1.165, 1.54) is 0 Å². The maximum atomic E-state index is 8.74. The zero-order chi connectivity index (χ0) is 7.21. The zero-order valence-electron chi connectivity index (χ0n) is 4.08. The summed E-state index contributed by atoms with van der Waals surface area (Å²) in [6.45, 7) is 0. The second kappa shape index (κ2) is 10.3. The Morgan fingerprint density at radius 1 is 1.22 bits per heavy atom. The van der Waals surface area contributed by atoms with Gasteiger partial charge in [-0.1, -0.05) is 0 Å². The second-order valence-electron chi connectivity index (χ2n) is 0.519. The third kappa shape index (κ3) is 135.